The van der Waals surface area contributed by atoms with Crippen molar-refractivity contribution in [2.45, 2.75) is 17.1 Å². The lowest BCUT2D eigenvalue weighted by molar-refractivity contribution is -0.137. The summed E-state index contributed by atoms with van der Waals surface area (Å²) < 4.78 is 39.8. The largest absolute Gasteiger partial charge is 0.416 e. The molecule has 1 amide bonds. The Bertz CT molecular complexity index is 839. The van der Waals surface area contributed by atoms with Crippen LogP contribution in [0.4, 0.5) is 18.9 Å². The number of hydrogen-bond donors (Lipinski definition) is 1. The van der Waals surface area contributed by atoms with E-state index in [1.165, 1.54) is 28.4 Å². The summed E-state index contributed by atoms with van der Waals surface area (Å²) in [7, 11) is 1.59. The third-order valence-corrected chi connectivity index (χ3v) is 4.76. The summed E-state index contributed by atoms with van der Waals surface area (Å²) in [5.74, 6) is -1.06. The Morgan fingerprint density at radius 3 is 2.60 bits per heavy atom. The van der Waals surface area contributed by atoms with Gasteiger partial charge in [-0.1, -0.05) is 24.3 Å². The van der Waals surface area contributed by atoms with Crippen LogP contribution in [0.3, 0.4) is 0 Å². The summed E-state index contributed by atoms with van der Waals surface area (Å²) in [6.07, 6.45) is -4.51. The number of halogens is 3. The number of carbonyl (C=O) groups excluding carboxylic acids is 2. The molecule has 1 unspecified atom stereocenters. The first kappa shape index (κ1) is 17.5. The zero-order chi connectivity index (χ0) is 18.2. The molecule has 1 atom stereocenters. The Morgan fingerprint density at radius 1 is 1.16 bits per heavy atom. The zero-order valence-corrected chi connectivity index (χ0v) is 13.8. The van der Waals surface area contributed by atoms with Crippen molar-refractivity contribution in [2.75, 3.05) is 12.4 Å². The van der Waals surface area contributed by atoms with Gasteiger partial charge >= 0.3 is 6.18 Å². The smallest absolute Gasteiger partial charge is 0.324 e. The van der Waals surface area contributed by atoms with Crippen LogP contribution in [0, 0.1) is 0 Å². The van der Waals surface area contributed by atoms with Gasteiger partial charge < -0.3 is 5.32 Å². The molecule has 4 nitrogen and oxygen atoms in total. The van der Waals surface area contributed by atoms with Crippen molar-refractivity contribution in [3.05, 3.63) is 59.7 Å². The van der Waals surface area contributed by atoms with E-state index in [4.69, 9.17) is 0 Å². The number of carbonyl (C=O) groups is 2. The van der Waals surface area contributed by atoms with Crippen molar-refractivity contribution in [3.8, 4) is 0 Å². The molecule has 1 aliphatic heterocycles. The van der Waals surface area contributed by atoms with E-state index in [0.29, 0.717) is 5.56 Å². The minimum absolute atomic E-state index is 0.00937. The first-order valence-corrected chi connectivity index (χ1v) is 8.07. The lowest BCUT2D eigenvalue weighted by atomic mass is 10.0. The number of amides is 1. The number of hydrogen-bond acceptors (Lipinski definition) is 4. The van der Waals surface area contributed by atoms with Gasteiger partial charge in [-0.3, -0.25) is 9.59 Å². The Hall–Kier alpha value is -2.32. The van der Waals surface area contributed by atoms with Crippen molar-refractivity contribution in [1.29, 1.82) is 0 Å². The molecule has 130 valence electrons. The fourth-order valence-electron chi connectivity index (χ4n) is 2.54. The van der Waals surface area contributed by atoms with E-state index < -0.39 is 23.7 Å². The number of alkyl halides is 3. The first-order valence-electron chi connectivity index (χ1n) is 7.29. The van der Waals surface area contributed by atoms with Gasteiger partial charge in [0.1, 0.15) is 0 Å². The number of nitrogens with one attached hydrogen (secondary N) is 1. The topological polar surface area (TPSA) is 49.4 Å². The Balaban J connectivity index is 1.83. The van der Waals surface area contributed by atoms with Gasteiger partial charge in [-0.2, -0.15) is 13.2 Å². The Morgan fingerprint density at radius 2 is 1.88 bits per heavy atom. The molecule has 3 rings (SSSR count). The number of likely N-dealkylation sites (N-methyl/N-ethyl adjacent to an activating group) is 1. The molecule has 0 aliphatic carbocycles. The van der Waals surface area contributed by atoms with Crippen LogP contribution in [0.25, 0.3) is 0 Å². The number of fused-ring (bicyclic) bond motifs is 1. The molecule has 0 saturated carbocycles. The van der Waals surface area contributed by atoms with Gasteiger partial charge in [0.25, 0.3) is 5.91 Å². The Labute approximate surface area is 146 Å². The number of benzene rings is 2. The molecule has 1 aliphatic rings. The van der Waals surface area contributed by atoms with Crippen molar-refractivity contribution in [2.24, 2.45) is 0 Å². The summed E-state index contributed by atoms with van der Waals surface area (Å²) in [6, 6.07) is 10.1. The molecule has 0 fully saturated rings. The molecule has 2 aromatic carbocycles. The molecule has 2 aromatic rings. The highest BCUT2D eigenvalue weighted by molar-refractivity contribution is 7.97. The van der Waals surface area contributed by atoms with Gasteiger partial charge in [-0.15, -0.1) is 0 Å². The highest BCUT2D eigenvalue weighted by atomic mass is 32.2. The van der Waals surface area contributed by atoms with Gasteiger partial charge in [-0.25, -0.2) is 4.31 Å². The van der Waals surface area contributed by atoms with E-state index in [9.17, 15) is 22.8 Å². The van der Waals surface area contributed by atoms with Gasteiger partial charge in [0, 0.05) is 16.1 Å². The lowest BCUT2D eigenvalue weighted by Crippen LogP contribution is -2.46. The predicted molar refractivity (Wildman–Crippen MR) is 88.3 cm³/mol. The predicted octanol–water partition coefficient (Wildman–Crippen LogP) is 3.85. The Kier molecular flexibility index (Phi) is 4.57. The van der Waals surface area contributed by atoms with Gasteiger partial charge in [0.15, 0.2) is 11.8 Å². The molecule has 1 heterocycles. The number of Topliss-reactive ketones (excluding diaryl/α,β-unsaturated/α-hetero) is 1. The quantitative estimate of drug-likeness (QED) is 0.648. The van der Waals surface area contributed by atoms with Crippen LogP contribution in [0.1, 0.15) is 15.9 Å². The summed E-state index contributed by atoms with van der Waals surface area (Å²) in [5.41, 5.74) is -0.451. The molecule has 0 aromatic heterocycles. The van der Waals surface area contributed by atoms with Crippen LogP contribution < -0.4 is 5.32 Å². The number of ketones is 1. The summed E-state index contributed by atoms with van der Waals surface area (Å²) in [6.45, 7) is 0. The maximum absolute atomic E-state index is 12.8. The minimum Gasteiger partial charge on any atom is -0.324 e. The van der Waals surface area contributed by atoms with Crippen LogP contribution in [-0.2, 0) is 11.0 Å². The van der Waals surface area contributed by atoms with Gasteiger partial charge in [-0.05, 0) is 43.3 Å². The molecule has 8 heteroatoms. The zero-order valence-electron chi connectivity index (χ0n) is 13.0. The second-order valence-corrected chi connectivity index (χ2v) is 6.67. The lowest BCUT2D eigenvalue weighted by Gasteiger charge is -2.30. The van der Waals surface area contributed by atoms with E-state index in [-0.39, 0.29) is 11.5 Å². The highest BCUT2D eigenvalue weighted by Crippen LogP contribution is 2.34. The summed E-state index contributed by atoms with van der Waals surface area (Å²) in [4.78, 5) is 25.8. The van der Waals surface area contributed by atoms with Crippen molar-refractivity contribution in [1.82, 2.24) is 4.31 Å². The monoisotopic (exact) mass is 366 g/mol. The second kappa shape index (κ2) is 6.53. The molecule has 1 N–H and O–H groups in total. The minimum atomic E-state index is -4.51. The standard InChI is InChI=1S/C17H13F3N2O2S/c1-22-14(15(23)12-7-2-3-8-13(12)25-22)16(24)21-11-6-4-5-10(9-11)17(18,19)20/h2-9,14H,1H3,(H,21,24). The van der Waals surface area contributed by atoms with Crippen LogP contribution in [0.15, 0.2) is 53.4 Å². The molecular formula is C17H13F3N2O2S. The SMILES string of the molecule is CN1Sc2ccccc2C(=O)C1C(=O)Nc1cccc(C(F)(F)F)c1. The normalized spacial score (nSPS) is 17.9. The van der Waals surface area contributed by atoms with Crippen molar-refractivity contribution in [3.63, 3.8) is 0 Å². The third-order valence-electron chi connectivity index (χ3n) is 3.71. The third kappa shape index (κ3) is 3.54. The van der Waals surface area contributed by atoms with Gasteiger partial charge in [0.2, 0.25) is 0 Å². The fraction of sp³-hybridized carbons (Fsp3) is 0.176. The number of anilines is 1. The van der Waals surface area contributed by atoms with E-state index in [1.807, 2.05) is 0 Å². The van der Waals surface area contributed by atoms with E-state index >= 15 is 0 Å². The van der Waals surface area contributed by atoms with Crippen LogP contribution in [0.5, 0.6) is 0 Å². The maximum Gasteiger partial charge on any atom is 0.416 e. The summed E-state index contributed by atoms with van der Waals surface area (Å²) >= 11 is 1.24. The number of rotatable bonds is 2. The van der Waals surface area contributed by atoms with Crippen LogP contribution in [-0.4, -0.2) is 29.1 Å². The molecule has 0 radical (unpaired) electrons. The molecule has 0 spiro atoms. The van der Waals surface area contributed by atoms with E-state index in [2.05, 4.69) is 5.32 Å². The van der Waals surface area contributed by atoms with E-state index in [0.717, 1.165) is 17.0 Å². The van der Waals surface area contributed by atoms with Crippen LogP contribution in [0.2, 0.25) is 0 Å². The summed E-state index contributed by atoms with van der Waals surface area (Å²) in [5, 5.41) is 2.40. The van der Waals surface area contributed by atoms with E-state index in [1.54, 1.807) is 31.3 Å². The van der Waals surface area contributed by atoms with Crippen molar-refractivity contribution < 1.29 is 22.8 Å². The number of nitrogens with zero attached hydrogens (tertiary/aromatic N) is 1. The molecular weight excluding hydrogens is 353 g/mol. The van der Waals surface area contributed by atoms with Gasteiger partial charge in [0.05, 0.1) is 5.56 Å². The van der Waals surface area contributed by atoms with Crippen LogP contribution >= 0.6 is 11.9 Å². The average Bonchev–Trinajstić information content (AvgIpc) is 2.54. The second-order valence-electron chi connectivity index (χ2n) is 5.47. The average molecular weight is 366 g/mol. The van der Waals surface area contributed by atoms with Crippen molar-refractivity contribution >= 4 is 29.3 Å². The molecule has 25 heavy (non-hydrogen) atoms. The molecule has 0 saturated heterocycles. The fourth-order valence-corrected chi connectivity index (χ4v) is 3.55. The molecule has 0 bridgehead atoms. The first-order chi connectivity index (χ1) is 11.8. The highest BCUT2D eigenvalue weighted by Gasteiger charge is 2.38. The maximum atomic E-state index is 12.8.